The molecule has 34 heavy (non-hydrogen) atoms. The van der Waals surface area contributed by atoms with Crippen LogP contribution in [0, 0.1) is 0 Å². The van der Waals surface area contributed by atoms with Gasteiger partial charge >= 0.3 is 0 Å². The van der Waals surface area contributed by atoms with Crippen molar-refractivity contribution in [1.82, 2.24) is 9.88 Å². The van der Waals surface area contributed by atoms with Crippen LogP contribution in [0.2, 0.25) is 0 Å². The monoisotopic (exact) mass is 459 g/mol. The van der Waals surface area contributed by atoms with Crippen molar-refractivity contribution in [3.63, 3.8) is 0 Å². The first-order chi connectivity index (χ1) is 16.7. The molecule has 1 N–H and O–H groups in total. The van der Waals surface area contributed by atoms with Crippen molar-refractivity contribution in [3.8, 4) is 0 Å². The van der Waals surface area contributed by atoms with E-state index in [2.05, 4.69) is 81.7 Å². The van der Waals surface area contributed by atoms with Gasteiger partial charge in [0.15, 0.2) is 5.17 Å². The maximum atomic E-state index is 12.7. The van der Waals surface area contributed by atoms with Crippen LogP contribution in [0.4, 0.5) is 5.69 Å². The second kappa shape index (κ2) is 8.69. The summed E-state index contributed by atoms with van der Waals surface area (Å²) < 4.78 is 2.26. The summed E-state index contributed by atoms with van der Waals surface area (Å²) in [5.41, 5.74) is 4.25. The van der Waals surface area contributed by atoms with Crippen molar-refractivity contribution in [2.45, 2.75) is 6.54 Å². The highest BCUT2D eigenvalue weighted by Gasteiger charge is 2.24. The van der Waals surface area contributed by atoms with Gasteiger partial charge in [0.2, 0.25) is 0 Å². The number of aromatic nitrogens is 1. The molecule has 164 valence electrons. The van der Waals surface area contributed by atoms with E-state index < -0.39 is 0 Å². The fourth-order valence-electron chi connectivity index (χ4n) is 4.38. The van der Waals surface area contributed by atoms with E-state index in [1.807, 2.05) is 42.5 Å². The number of rotatable bonds is 4. The third-order valence-corrected chi connectivity index (χ3v) is 6.87. The first-order valence-corrected chi connectivity index (χ1v) is 12.0. The quantitative estimate of drug-likeness (QED) is 0.303. The minimum atomic E-state index is -0.120. The highest BCUT2D eigenvalue weighted by atomic mass is 32.2. The molecule has 1 amide bonds. The Morgan fingerprint density at radius 3 is 2.44 bits per heavy atom. The van der Waals surface area contributed by atoms with Gasteiger partial charge in [-0.05, 0) is 52.4 Å². The molecular formula is C29H21N3OS. The number of hydrogen-bond acceptors (Lipinski definition) is 3. The first-order valence-electron chi connectivity index (χ1n) is 11.1. The summed E-state index contributed by atoms with van der Waals surface area (Å²) in [7, 11) is 0. The van der Waals surface area contributed by atoms with E-state index >= 15 is 0 Å². The molecule has 1 aliphatic rings. The number of benzene rings is 4. The summed E-state index contributed by atoms with van der Waals surface area (Å²) in [5.74, 6) is -0.120. The van der Waals surface area contributed by atoms with E-state index in [0.29, 0.717) is 10.1 Å². The maximum absolute atomic E-state index is 12.7. The number of carbonyl (C=O) groups is 1. The van der Waals surface area contributed by atoms with Crippen molar-refractivity contribution < 1.29 is 4.79 Å². The standard InChI is InChI=1S/C29H21N3OS/c33-28-27(34-29(31-28)30-23-12-2-1-3-13-23)17-22-19-32(26-16-7-6-15-25(22)26)18-21-11-8-10-20-9-4-5-14-24(20)21/h1-17,19H,18H2,(H,30,31,33)/b27-17+. The van der Waals surface area contributed by atoms with Crippen LogP contribution in [0.25, 0.3) is 27.8 Å². The highest BCUT2D eigenvalue weighted by molar-refractivity contribution is 8.18. The van der Waals surface area contributed by atoms with Gasteiger partial charge in [-0.25, -0.2) is 4.99 Å². The van der Waals surface area contributed by atoms with Crippen LogP contribution < -0.4 is 5.32 Å². The predicted molar refractivity (Wildman–Crippen MR) is 142 cm³/mol. The van der Waals surface area contributed by atoms with E-state index in [1.165, 1.54) is 28.1 Å². The average molecular weight is 460 g/mol. The third kappa shape index (κ3) is 3.91. The molecule has 1 aliphatic heterocycles. The Hall–Kier alpha value is -4.09. The number of nitrogens with zero attached hydrogens (tertiary/aromatic N) is 2. The van der Waals surface area contributed by atoms with Crippen molar-refractivity contribution in [3.05, 3.63) is 119 Å². The summed E-state index contributed by atoms with van der Waals surface area (Å²) in [6.07, 6.45) is 4.11. The fraction of sp³-hybridized carbons (Fsp3) is 0.0345. The Morgan fingerprint density at radius 2 is 1.56 bits per heavy atom. The van der Waals surface area contributed by atoms with Gasteiger partial charge in [0, 0.05) is 29.2 Å². The number of thioether (sulfide) groups is 1. The summed E-state index contributed by atoms with van der Waals surface area (Å²) >= 11 is 1.37. The SMILES string of the molecule is O=C1NC(=Nc2ccccc2)S/C1=C/c1cn(Cc2cccc3ccccc23)c2ccccc12. The number of amides is 1. The molecule has 0 saturated carbocycles. The molecule has 0 bridgehead atoms. The van der Waals surface area contributed by atoms with Crippen LogP contribution in [0.1, 0.15) is 11.1 Å². The van der Waals surface area contributed by atoms with Gasteiger partial charge in [0.05, 0.1) is 10.6 Å². The zero-order valence-corrected chi connectivity index (χ0v) is 19.1. The highest BCUT2D eigenvalue weighted by Crippen LogP contribution is 2.31. The number of aliphatic imine (C=N–C) groups is 1. The van der Waals surface area contributed by atoms with Gasteiger partial charge < -0.3 is 9.88 Å². The molecule has 5 aromatic rings. The number of hydrogen-bond donors (Lipinski definition) is 1. The van der Waals surface area contributed by atoms with Crippen molar-refractivity contribution in [1.29, 1.82) is 0 Å². The smallest absolute Gasteiger partial charge is 0.264 e. The molecule has 0 atom stereocenters. The number of carbonyl (C=O) groups excluding carboxylic acids is 1. The van der Waals surface area contributed by atoms with Crippen molar-refractivity contribution in [2.24, 2.45) is 4.99 Å². The van der Waals surface area contributed by atoms with Crippen molar-refractivity contribution >= 4 is 56.3 Å². The number of fused-ring (bicyclic) bond motifs is 2. The predicted octanol–water partition coefficient (Wildman–Crippen LogP) is 6.73. The van der Waals surface area contributed by atoms with Gasteiger partial charge in [-0.3, -0.25) is 4.79 Å². The van der Waals surface area contributed by atoms with Gasteiger partial charge in [-0.1, -0.05) is 78.9 Å². The fourth-order valence-corrected chi connectivity index (χ4v) is 5.21. The number of para-hydroxylation sites is 2. The summed E-state index contributed by atoms with van der Waals surface area (Å²) in [6.45, 7) is 0.755. The minimum absolute atomic E-state index is 0.120. The normalized spacial score (nSPS) is 16.1. The third-order valence-electron chi connectivity index (χ3n) is 5.96. The summed E-state index contributed by atoms with van der Waals surface area (Å²) in [4.78, 5) is 17.9. The van der Waals surface area contributed by atoms with E-state index in [0.717, 1.165) is 28.7 Å². The lowest BCUT2D eigenvalue weighted by molar-refractivity contribution is -0.115. The molecule has 0 radical (unpaired) electrons. The maximum Gasteiger partial charge on any atom is 0.264 e. The first kappa shape index (κ1) is 20.5. The second-order valence-corrected chi connectivity index (χ2v) is 9.22. The van der Waals surface area contributed by atoms with Gasteiger partial charge in [0.1, 0.15) is 0 Å². The lowest BCUT2D eigenvalue weighted by Crippen LogP contribution is -2.19. The molecular weight excluding hydrogens is 438 g/mol. The summed E-state index contributed by atoms with van der Waals surface area (Å²) in [5, 5.41) is 7.11. The topological polar surface area (TPSA) is 46.4 Å². The molecule has 1 saturated heterocycles. The molecule has 0 aliphatic carbocycles. The second-order valence-electron chi connectivity index (χ2n) is 8.19. The molecule has 0 unspecified atom stereocenters. The molecule has 4 aromatic carbocycles. The van der Waals surface area contributed by atoms with E-state index in [9.17, 15) is 4.79 Å². The zero-order chi connectivity index (χ0) is 22.9. The molecule has 4 nitrogen and oxygen atoms in total. The Kier molecular flexibility index (Phi) is 5.24. The zero-order valence-electron chi connectivity index (χ0n) is 18.3. The minimum Gasteiger partial charge on any atom is -0.342 e. The van der Waals surface area contributed by atoms with Crippen LogP contribution in [0.3, 0.4) is 0 Å². The van der Waals surface area contributed by atoms with E-state index in [1.54, 1.807) is 0 Å². The largest absolute Gasteiger partial charge is 0.342 e. The molecule has 6 rings (SSSR count). The molecule has 2 heterocycles. The lowest BCUT2D eigenvalue weighted by Gasteiger charge is -2.09. The van der Waals surface area contributed by atoms with Crippen LogP contribution in [0.5, 0.6) is 0 Å². The molecule has 5 heteroatoms. The Bertz CT molecular complexity index is 1590. The van der Waals surface area contributed by atoms with Crippen LogP contribution in [-0.4, -0.2) is 15.6 Å². The van der Waals surface area contributed by atoms with Crippen molar-refractivity contribution in [2.75, 3.05) is 0 Å². The Labute approximate surface area is 201 Å². The van der Waals surface area contributed by atoms with E-state index in [4.69, 9.17) is 0 Å². The van der Waals surface area contributed by atoms with Crippen LogP contribution in [-0.2, 0) is 11.3 Å². The number of amidine groups is 1. The Balaban J connectivity index is 1.37. The number of nitrogens with one attached hydrogen (secondary N) is 1. The van der Waals surface area contributed by atoms with Crippen LogP contribution >= 0.6 is 11.8 Å². The lowest BCUT2D eigenvalue weighted by atomic mass is 10.0. The average Bonchev–Trinajstić information content (AvgIpc) is 3.39. The van der Waals surface area contributed by atoms with Gasteiger partial charge in [0.25, 0.3) is 5.91 Å². The van der Waals surface area contributed by atoms with Gasteiger partial charge in [-0.2, -0.15) is 0 Å². The Morgan fingerprint density at radius 1 is 0.824 bits per heavy atom. The molecule has 1 aromatic heterocycles. The summed E-state index contributed by atoms with van der Waals surface area (Å²) in [6, 6.07) is 32.9. The van der Waals surface area contributed by atoms with Crippen LogP contribution in [0.15, 0.2) is 113 Å². The van der Waals surface area contributed by atoms with Gasteiger partial charge in [-0.15, -0.1) is 0 Å². The molecule has 1 fully saturated rings. The van der Waals surface area contributed by atoms with E-state index in [-0.39, 0.29) is 5.91 Å². The molecule has 0 spiro atoms.